The number of halogens is 1. The van der Waals surface area contributed by atoms with Gasteiger partial charge in [-0.15, -0.1) is 0 Å². The molecule has 1 amide bonds. The Morgan fingerprint density at radius 3 is 2.53 bits per heavy atom. The summed E-state index contributed by atoms with van der Waals surface area (Å²) in [5, 5.41) is 2.68. The van der Waals surface area contributed by atoms with Gasteiger partial charge in [0.15, 0.2) is 0 Å². The van der Waals surface area contributed by atoms with Crippen molar-refractivity contribution >= 4 is 11.6 Å². The van der Waals surface area contributed by atoms with Crippen molar-refractivity contribution < 1.29 is 9.18 Å². The smallest absolute Gasteiger partial charge is 0.224 e. The molecule has 0 saturated heterocycles. The minimum Gasteiger partial charge on any atom is -0.330 e. The Kier molecular flexibility index (Phi) is 4.77. The molecule has 0 spiro atoms. The fourth-order valence-electron chi connectivity index (χ4n) is 1.19. The average molecular weight is 210 g/mol. The number of amides is 1. The molecule has 0 aliphatic heterocycles. The second kappa shape index (κ2) is 6.14. The van der Waals surface area contributed by atoms with Crippen LogP contribution >= 0.6 is 0 Å². The lowest BCUT2D eigenvalue weighted by molar-refractivity contribution is -0.116. The summed E-state index contributed by atoms with van der Waals surface area (Å²) in [6.07, 6.45) is 2.08. The predicted octanol–water partition coefficient (Wildman–Crippen LogP) is 1.89. The van der Waals surface area contributed by atoms with E-state index < -0.39 is 0 Å². The van der Waals surface area contributed by atoms with E-state index in [0.29, 0.717) is 18.7 Å². The van der Waals surface area contributed by atoms with Crippen LogP contribution < -0.4 is 11.1 Å². The monoisotopic (exact) mass is 210 g/mol. The van der Waals surface area contributed by atoms with E-state index in [2.05, 4.69) is 5.32 Å². The maximum Gasteiger partial charge on any atom is 0.224 e. The number of hydrogen-bond acceptors (Lipinski definition) is 2. The van der Waals surface area contributed by atoms with Gasteiger partial charge in [-0.2, -0.15) is 0 Å². The van der Waals surface area contributed by atoms with Gasteiger partial charge >= 0.3 is 0 Å². The normalized spacial score (nSPS) is 10.0. The molecule has 1 aromatic rings. The van der Waals surface area contributed by atoms with Crippen LogP contribution in [-0.4, -0.2) is 12.5 Å². The van der Waals surface area contributed by atoms with Crippen molar-refractivity contribution in [1.29, 1.82) is 0 Å². The first-order valence-corrected chi connectivity index (χ1v) is 4.98. The summed E-state index contributed by atoms with van der Waals surface area (Å²) in [7, 11) is 0. The zero-order valence-electron chi connectivity index (χ0n) is 8.50. The highest BCUT2D eigenvalue weighted by Crippen LogP contribution is 2.09. The predicted molar refractivity (Wildman–Crippen MR) is 57.9 cm³/mol. The van der Waals surface area contributed by atoms with Crippen molar-refractivity contribution in [3.05, 3.63) is 30.1 Å². The lowest BCUT2D eigenvalue weighted by atomic mass is 10.2. The highest BCUT2D eigenvalue weighted by Gasteiger charge is 2.01. The zero-order valence-corrected chi connectivity index (χ0v) is 8.50. The number of unbranched alkanes of at least 4 members (excludes halogenated alkanes) is 1. The van der Waals surface area contributed by atoms with Crippen LogP contribution in [0.2, 0.25) is 0 Å². The lowest BCUT2D eigenvalue weighted by Gasteiger charge is -2.04. The number of anilines is 1. The molecule has 4 heteroatoms. The summed E-state index contributed by atoms with van der Waals surface area (Å²) in [6.45, 7) is 0.601. The van der Waals surface area contributed by atoms with E-state index >= 15 is 0 Å². The molecule has 15 heavy (non-hydrogen) atoms. The van der Waals surface area contributed by atoms with Crippen molar-refractivity contribution in [2.45, 2.75) is 19.3 Å². The average Bonchev–Trinajstić information content (AvgIpc) is 2.22. The first-order chi connectivity index (χ1) is 7.22. The third-order valence-electron chi connectivity index (χ3n) is 1.99. The van der Waals surface area contributed by atoms with Crippen molar-refractivity contribution in [1.82, 2.24) is 0 Å². The summed E-state index contributed by atoms with van der Waals surface area (Å²) in [5.74, 6) is -0.369. The fraction of sp³-hybridized carbons (Fsp3) is 0.364. The van der Waals surface area contributed by atoms with Crippen LogP contribution in [0.1, 0.15) is 19.3 Å². The van der Waals surface area contributed by atoms with Gasteiger partial charge in [-0.1, -0.05) is 0 Å². The largest absolute Gasteiger partial charge is 0.330 e. The molecular formula is C11H15FN2O. The van der Waals surface area contributed by atoms with E-state index in [-0.39, 0.29) is 11.7 Å². The molecule has 1 aromatic carbocycles. The molecule has 1 rings (SSSR count). The number of carbonyl (C=O) groups excluding carboxylic acids is 1. The van der Waals surface area contributed by atoms with Crippen molar-refractivity contribution in [3.8, 4) is 0 Å². The molecule has 3 N–H and O–H groups in total. The highest BCUT2D eigenvalue weighted by atomic mass is 19.1. The highest BCUT2D eigenvalue weighted by molar-refractivity contribution is 5.90. The van der Waals surface area contributed by atoms with Gasteiger partial charge < -0.3 is 11.1 Å². The molecule has 0 aromatic heterocycles. The van der Waals surface area contributed by atoms with Gasteiger partial charge in [-0.05, 0) is 43.7 Å². The molecule has 0 heterocycles. The summed E-state index contributed by atoms with van der Waals surface area (Å²) in [4.78, 5) is 11.3. The molecule has 0 bridgehead atoms. The topological polar surface area (TPSA) is 55.1 Å². The van der Waals surface area contributed by atoms with Gasteiger partial charge in [-0.25, -0.2) is 4.39 Å². The molecule has 0 aliphatic carbocycles. The minimum atomic E-state index is -0.309. The van der Waals surface area contributed by atoms with Gasteiger partial charge in [0.05, 0.1) is 0 Å². The Hall–Kier alpha value is -1.42. The van der Waals surface area contributed by atoms with E-state index in [4.69, 9.17) is 5.73 Å². The van der Waals surface area contributed by atoms with Crippen LogP contribution in [0.4, 0.5) is 10.1 Å². The standard InChI is InChI=1S/C11H15FN2O/c12-9-4-6-10(7-5-9)14-11(15)3-1-2-8-13/h4-7H,1-3,8,13H2,(H,14,15). The van der Waals surface area contributed by atoms with E-state index in [0.717, 1.165) is 12.8 Å². The maximum absolute atomic E-state index is 12.5. The van der Waals surface area contributed by atoms with Gasteiger partial charge in [0, 0.05) is 12.1 Å². The maximum atomic E-state index is 12.5. The second-order valence-corrected chi connectivity index (χ2v) is 3.30. The number of rotatable bonds is 5. The van der Waals surface area contributed by atoms with Gasteiger partial charge in [-0.3, -0.25) is 4.79 Å². The van der Waals surface area contributed by atoms with Crippen molar-refractivity contribution in [2.24, 2.45) is 5.73 Å². The number of benzene rings is 1. The molecule has 0 saturated carbocycles. The van der Waals surface area contributed by atoms with Crippen molar-refractivity contribution in [2.75, 3.05) is 11.9 Å². The molecule has 3 nitrogen and oxygen atoms in total. The first-order valence-electron chi connectivity index (χ1n) is 4.98. The van der Waals surface area contributed by atoms with Crippen molar-refractivity contribution in [3.63, 3.8) is 0 Å². The van der Waals surface area contributed by atoms with E-state index in [1.54, 1.807) is 0 Å². The Morgan fingerprint density at radius 2 is 1.93 bits per heavy atom. The Balaban J connectivity index is 2.34. The van der Waals surface area contributed by atoms with Crippen LogP contribution in [-0.2, 0) is 4.79 Å². The van der Waals surface area contributed by atoms with Gasteiger partial charge in [0.25, 0.3) is 0 Å². The van der Waals surface area contributed by atoms with E-state index in [1.165, 1.54) is 24.3 Å². The van der Waals surface area contributed by atoms with Crippen LogP contribution in [0.3, 0.4) is 0 Å². The lowest BCUT2D eigenvalue weighted by Crippen LogP contribution is -2.11. The van der Waals surface area contributed by atoms with E-state index in [1.807, 2.05) is 0 Å². The summed E-state index contributed by atoms with van der Waals surface area (Å²) < 4.78 is 12.5. The number of nitrogens with two attached hydrogens (primary N) is 1. The number of carbonyl (C=O) groups is 1. The van der Waals surface area contributed by atoms with Gasteiger partial charge in [0.2, 0.25) is 5.91 Å². The number of hydrogen-bond donors (Lipinski definition) is 2. The molecule has 0 atom stereocenters. The third-order valence-corrected chi connectivity index (χ3v) is 1.99. The Labute approximate surface area is 88.5 Å². The third kappa shape index (κ3) is 4.56. The summed E-state index contributed by atoms with van der Waals surface area (Å²) >= 11 is 0. The van der Waals surface area contributed by atoms with Crippen LogP contribution in [0.25, 0.3) is 0 Å². The SMILES string of the molecule is NCCCCC(=O)Nc1ccc(F)cc1. The molecule has 0 fully saturated rings. The minimum absolute atomic E-state index is 0.0601. The molecule has 0 radical (unpaired) electrons. The summed E-state index contributed by atoms with van der Waals surface area (Å²) in [6, 6.07) is 5.71. The van der Waals surface area contributed by atoms with Crippen LogP contribution in [0.15, 0.2) is 24.3 Å². The number of nitrogens with one attached hydrogen (secondary N) is 1. The Morgan fingerprint density at radius 1 is 1.27 bits per heavy atom. The zero-order chi connectivity index (χ0) is 11.1. The van der Waals surface area contributed by atoms with Crippen LogP contribution in [0, 0.1) is 5.82 Å². The van der Waals surface area contributed by atoms with Crippen LogP contribution in [0.5, 0.6) is 0 Å². The second-order valence-electron chi connectivity index (χ2n) is 3.30. The van der Waals surface area contributed by atoms with Gasteiger partial charge in [0.1, 0.15) is 5.82 Å². The molecule has 0 aliphatic rings. The molecule has 0 unspecified atom stereocenters. The quantitative estimate of drug-likeness (QED) is 0.729. The summed E-state index contributed by atoms with van der Waals surface area (Å²) in [5.41, 5.74) is 5.93. The van der Waals surface area contributed by atoms with E-state index in [9.17, 15) is 9.18 Å². The fourth-order valence-corrected chi connectivity index (χ4v) is 1.19. The first kappa shape index (κ1) is 11.7. The molecular weight excluding hydrogens is 195 g/mol. The molecule has 82 valence electrons. The Bertz CT molecular complexity index is 311.